The molecule has 1 unspecified atom stereocenters. The lowest BCUT2D eigenvalue weighted by atomic mass is 10.0. The Morgan fingerprint density at radius 2 is 2.00 bits per heavy atom. The molecule has 1 N–H and O–H groups in total. The van der Waals surface area contributed by atoms with Crippen LogP contribution in [0.4, 0.5) is 13.2 Å². The highest BCUT2D eigenvalue weighted by Gasteiger charge is 2.33. The maximum atomic E-state index is 12.7. The summed E-state index contributed by atoms with van der Waals surface area (Å²) in [5, 5.41) is 3.16. The molecule has 0 saturated carbocycles. The Balaban J connectivity index is 2.96. The van der Waals surface area contributed by atoms with Gasteiger partial charge in [-0.1, -0.05) is 28.9 Å². The van der Waals surface area contributed by atoms with Crippen molar-refractivity contribution in [3.8, 4) is 0 Å². The van der Waals surface area contributed by atoms with Gasteiger partial charge in [0, 0.05) is 10.5 Å². The van der Waals surface area contributed by atoms with Gasteiger partial charge in [0.25, 0.3) is 0 Å². The Labute approximate surface area is 108 Å². The smallest absolute Gasteiger partial charge is 0.310 e. The SMILES string of the molecule is CCCNC(C)c1ccc(Br)c(C(F)(F)F)c1. The van der Waals surface area contributed by atoms with Crippen molar-refractivity contribution in [3.05, 3.63) is 33.8 Å². The number of benzene rings is 1. The van der Waals surface area contributed by atoms with Crippen molar-refractivity contribution >= 4 is 15.9 Å². The summed E-state index contributed by atoms with van der Waals surface area (Å²) in [5.74, 6) is 0. The van der Waals surface area contributed by atoms with Crippen LogP contribution in [-0.2, 0) is 6.18 Å². The molecule has 1 aromatic carbocycles. The van der Waals surface area contributed by atoms with Crippen LogP contribution in [0.15, 0.2) is 22.7 Å². The third-order valence-corrected chi connectivity index (χ3v) is 3.19. The summed E-state index contributed by atoms with van der Waals surface area (Å²) in [6.45, 7) is 4.67. The molecule has 1 rings (SSSR count). The molecule has 1 aromatic rings. The molecule has 0 bridgehead atoms. The van der Waals surface area contributed by atoms with Gasteiger partial charge in [0.2, 0.25) is 0 Å². The maximum absolute atomic E-state index is 12.7. The fourth-order valence-corrected chi connectivity index (χ4v) is 1.98. The molecule has 0 saturated heterocycles. The van der Waals surface area contributed by atoms with E-state index < -0.39 is 11.7 Å². The van der Waals surface area contributed by atoms with E-state index in [-0.39, 0.29) is 10.5 Å². The van der Waals surface area contributed by atoms with Crippen LogP contribution in [0.2, 0.25) is 0 Å². The largest absolute Gasteiger partial charge is 0.417 e. The second-order valence-electron chi connectivity index (χ2n) is 3.91. The van der Waals surface area contributed by atoms with Crippen molar-refractivity contribution < 1.29 is 13.2 Å². The maximum Gasteiger partial charge on any atom is 0.417 e. The standard InChI is InChI=1S/C12H15BrF3N/c1-3-6-17-8(2)9-4-5-11(13)10(7-9)12(14,15)16/h4-5,7-8,17H,3,6H2,1-2H3. The Kier molecular flexibility index (Phi) is 5.01. The summed E-state index contributed by atoms with van der Waals surface area (Å²) >= 11 is 2.93. The predicted octanol–water partition coefficient (Wildman–Crippen LogP) is 4.53. The van der Waals surface area contributed by atoms with E-state index in [4.69, 9.17) is 0 Å². The minimum absolute atomic E-state index is 0.0795. The van der Waals surface area contributed by atoms with E-state index in [2.05, 4.69) is 21.2 Å². The molecule has 0 aliphatic carbocycles. The van der Waals surface area contributed by atoms with Gasteiger partial charge in [0.15, 0.2) is 0 Å². The average molecular weight is 310 g/mol. The lowest BCUT2D eigenvalue weighted by molar-refractivity contribution is -0.138. The first kappa shape index (κ1) is 14.5. The molecule has 0 aliphatic rings. The first-order valence-electron chi connectivity index (χ1n) is 5.46. The summed E-state index contributed by atoms with van der Waals surface area (Å²) in [6, 6.07) is 4.26. The number of alkyl halides is 3. The highest BCUT2D eigenvalue weighted by atomic mass is 79.9. The van der Waals surface area contributed by atoms with Gasteiger partial charge in [-0.25, -0.2) is 0 Å². The van der Waals surface area contributed by atoms with Crippen molar-refractivity contribution in [1.82, 2.24) is 5.32 Å². The van der Waals surface area contributed by atoms with E-state index in [0.717, 1.165) is 13.0 Å². The fraction of sp³-hybridized carbons (Fsp3) is 0.500. The molecule has 0 spiro atoms. The lowest BCUT2D eigenvalue weighted by Crippen LogP contribution is -2.20. The molecule has 96 valence electrons. The van der Waals surface area contributed by atoms with Gasteiger partial charge in [-0.3, -0.25) is 0 Å². The van der Waals surface area contributed by atoms with Crippen LogP contribution in [0, 0.1) is 0 Å². The molecule has 0 fully saturated rings. The van der Waals surface area contributed by atoms with Crippen LogP contribution < -0.4 is 5.32 Å². The van der Waals surface area contributed by atoms with Gasteiger partial charge in [-0.15, -0.1) is 0 Å². The van der Waals surface area contributed by atoms with Crippen LogP contribution in [-0.4, -0.2) is 6.54 Å². The zero-order valence-electron chi connectivity index (χ0n) is 9.74. The Hall–Kier alpha value is -0.550. The van der Waals surface area contributed by atoms with Crippen molar-refractivity contribution in [2.45, 2.75) is 32.5 Å². The van der Waals surface area contributed by atoms with Gasteiger partial charge >= 0.3 is 6.18 Å². The first-order valence-corrected chi connectivity index (χ1v) is 6.25. The number of halogens is 4. The predicted molar refractivity (Wildman–Crippen MR) is 65.9 cm³/mol. The van der Waals surface area contributed by atoms with Crippen LogP contribution >= 0.6 is 15.9 Å². The van der Waals surface area contributed by atoms with E-state index >= 15 is 0 Å². The van der Waals surface area contributed by atoms with Gasteiger partial charge in [-0.05, 0) is 37.6 Å². The molecule has 0 aromatic heterocycles. The van der Waals surface area contributed by atoms with Gasteiger partial charge in [0.1, 0.15) is 0 Å². The van der Waals surface area contributed by atoms with E-state index in [0.29, 0.717) is 5.56 Å². The highest BCUT2D eigenvalue weighted by molar-refractivity contribution is 9.10. The third kappa shape index (κ3) is 4.00. The van der Waals surface area contributed by atoms with E-state index in [1.54, 1.807) is 6.07 Å². The molecule has 5 heteroatoms. The number of nitrogens with one attached hydrogen (secondary N) is 1. The van der Waals surface area contributed by atoms with Crippen molar-refractivity contribution in [1.29, 1.82) is 0 Å². The number of hydrogen-bond acceptors (Lipinski definition) is 1. The normalized spacial score (nSPS) is 13.8. The molecule has 0 radical (unpaired) electrons. The monoisotopic (exact) mass is 309 g/mol. The van der Waals surface area contributed by atoms with E-state index in [9.17, 15) is 13.2 Å². The fourth-order valence-electron chi connectivity index (χ4n) is 1.51. The van der Waals surface area contributed by atoms with Crippen molar-refractivity contribution in [2.75, 3.05) is 6.54 Å². The number of rotatable bonds is 4. The van der Waals surface area contributed by atoms with Crippen LogP contribution in [0.1, 0.15) is 37.4 Å². The highest BCUT2D eigenvalue weighted by Crippen LogP contribution is 2.36. The minimum atomic E-state index is -4.32. The topological polar surface area (TPSA) is 12.0 Å². The second kappa shape index (κ2) is 5.87. The minimum Gasteiger partial charge on any atom is -0.310 e. The Morgan fingerprint density at radius 3 is 2.53 bits per heavy atom. The van der Waals surface area contributed by atoms with Crippen LogP contribution in [0.5, 0.6) is 0 Å². The molecule has 1 nitrogen and oxygen atoms in total. The average Bonchev–Trinajstić information content (AvgIpc) is 2.25. The summed E-state index contributed by atoms with van der Waals surface area (Å²) in [5.41, 5.74) is 0.0223. The molecular formula is C12H15BrF3N. The summed E-state index contributed by atoms with van der Waals surface area (Å²) in [7, 11) is 0. The summed E-state index contributed by atoms with van der Waals surface area (Å²) < 4.78 is 38.2. The Morgan fingerprint density at radius 1 is 1.35 bits per heavy atom. The summed E-state index contributed by atoms with van der Waals surface area (Å²) in [4.78, 5) is 0. The van der Waals surface area contributed by atoms with Crippen LogP contribution in [0.25, 0.3) is 0 Å². The van der Waals surface area contributed by atoms with Gasteiger partial charge < -0.3 is 5.32 Å². The quantitative estimate of drug-likeness (QED) is 0.861. The van der Waals surface area contributed by atoms with E-state index in [1.165, 1.54) is 12.1 Å². The number of hydrogen-bond donors (Lipinski definition) is 1. The zero-order chi connectivity index (χ0) is 13.1. The lowest BCUT2D eigenvalue weighted by Gasteiger charge is -2.16. The van der Waals surface area contributed by atoms with Gasteiger partial charge in [-0.2, -0.15) is 13.2 Å². The summed E-state index contributed by atoms with van der Waals surface area (Å²) in [6.07, 6.45) is -3.37. The molecular weight excluding hydrogens is 295 g/mol. The van der Waals surface area contributed by atoms with E-state index in [1.807, 2.05) is 13.8 Å². The zero-order valence-corrected chi connectivity index (χ0v) is 11.3. The second-order valence-corrected chi connectivity index (χ2v) is 4.77. The molecule has 1 atom stereocenters. The molecule has 0 heterocycles. The van der Waals surface area contributed by atoms with Crippen molar-refractivity contribution in [2.24, 2.45) is 0 Å². The molecule has 0 amide bonds. The van der Waals surface area contributed by atoms with Crippen molar-refractivity contribution in [3.63, 3.8) is 0 Å². The molecule has 0 aliphatic heterocycles. The van der Waals surface area contributed by atoms with Crippen LogP contribution in [0.3, 0.4) is 0 Å². The first-order chi connectivity index (χ1) is 7.86. The van der Waals surface area contributed by atoms with Gasteiger partial charge in [0.05, 0.1) is 5.56 Å². The third-order valence-electron chi connectivity index (χ3n) is 2.50. The molecule has 17 heavy (non-hydrogen) atoms. The Bertz CT molecular complexity index is 377.